The van der Waals surface area contributed by atoms with Gasteiger partial charge >= 0.3 is 0 Å². The molecule has 5 heteroatoms. The SMILES string of the molecule is COc1ccc(CC(C)NC(C)C(=O)c2ccc(OC)c(OC)c2)cc1. The monoisotopic (exact) mass is 357 g/mol. The fraction of sp³-hybridized carbons (Fsp3) is 0.381. The minimum atomic E-state index is -0.304. The average Bonchev–Trinajstić information content (AvgIpc) is 2.67. The first-order valence-corrected chi connectivity index (χ1v) is 8.63. The standard InChI is InChI=1S/C21H27NO4/c1-14(12-16-6-9-18(24-3)10-7-16)22-15(2)21(23)17-8-11-19(25-4)20(13-17)26-5/h6-11,13-15,22H,12H2,1-5H3. The Labute approximate surface area is 155 Å². The van der Waals surface area contributed by atoms with Crippen LogP contribution in [0.25, 0.3) is 0 Å². The van der Waals surface area contributed by atoms with Crippen molar-refractivity contribution in [1.29, 1.82) is 0 Å². The molecule has 2 unspecified atom stereocenters. The van der Waals surface area contributed by atoms with Gasteiger partial charge in [0.15, 0.2) is 17.3 Å². The summed E-state index contributed by atoms with van der Waals surface area (Å²) in [6.45, 7) is 3.95. The number of hydrogen-bond donors (Lipinski definition) is 1. The third-order valence-electron chi connectivity index (χ3n) is 4.30. The Morgan fingerprint density at radius 1 is 0.923 bits per heavy atom. The van der Waals surface area contributed by atoms with Gasteiger partial charge in [-0.05, 0) is 56.2 Å². The number of benzene rings is 2. The third kappa shape index (κ3) is 4.99. The lowest BCUT2D eigenvalue weighted by atomic mass is 10.0. The van der Waals surface area contributed by atoms with Gasteiger partial charge in [0.05, 0.1) is 27.4 Å². The summed E-state index contributed by atoms with van der Waals surface area (Å²) in [5.74, 6) is 2.02. The number of Topliss-reactive ketones (excluding diaryl/α,β-unsaturated/α-hetero) is 1. The van der Waals surface area contributed by atoms with Crippen LogP contribution in [0, 0.1) is 0 Å². The van der Waals surface area contributed by atoms with Crippen molar-refractivity contribution < 1.29 is 19.0 Å². The van der Waals surface area contributed by atoms with E-state index in [0.717, 1.165) is 12.2 Å². The number of carbonyl (C=O) groups excluding carboxylic acids is 1. The molecular formula is C21H27NO4. The van der Waals surface area contributed by atoms with E-state index in [1.807, 2.05) is 31.2 Å². The maximum Gasteiger partial charge on any atom is 0.179 e. The van der Waals surface area contributed by atoms with Gasteiger partial charge in [-0.2, -0.15) is 0 Å². The van der Waals surface area contributed by atoms with Crippen LogP contribution in [0.15, 0.2) is 42.5 Å². The number of nitrogens with one attached hydrogen (secondary N) is 1. The molecule has 0 aliphatic rings. The van der Waals surface area contributed by atoms with E-state index >= 15 is 0 Å². The van der Waals surface area contributed by atoms with Crippen molar-refractivity contribution in [3.8, 4) is 17.2 Å². The predicted octanol–water partition coefficient (Wildman–Crippen LogP) is 3.50. The smallest absolute Gasteiger partial charge is 0.179 e. The van der Waals surface area contributed by atoms with E-state index in [1.54, 1.807) is 39.5 Å². The average molecular weight is 357 g/mol. The molecule has 2 aromatic rings. The van der Waals surface area contributed by atoms with Crippen LogP contribution < -0.4 is 19.5 Å². The lowest BCUT2D eigenvalue weighted by Gasteiger charge is -2.20. The highest BCUT2D eigenvalue weighted by molar-refractivity contribution is 6.00. The number of ketones is 1. The van der Waals surface area contributed by atoms with Crippen LogP contribution in [0.2, 0.25) is 0 Å². The molecule has 0 radical (unpaired) electrons. The number of carbonyl (C=O) groups is 1. The first kappa shape index (κ1) is 19.8. The molecule has 2 rings (SSSR count). The van der Waals surface area contributed by atoms with Crippen molar-refractivity contribution in [3.63, 3.8) is 0 Å². The molecule has 0 aliphatic carbocycles. The van der Waals surface area contributed by atoms with E-state index in [9.17, 15) is 4.79 Å². The minimum absolute atomic E-state index is 0.0209. The zero-order chi connectivity index (χ0) is 19.1. The summed E-state index contributed by atoms with van der Waals surface area (Å²) in [7, 11) is 4.79. The summed E-state index contributed by atoms with van der Waals surface area (Å²) < 4.78 is 15.7. The molecular weight excluding hydrogens is 330 g/mol. The van der Waals surface area contributed by atoms with Crippen LogP contribution in [0.3, 0.4) is 0 Å². The molecule has 0 bridgehead atoms. The molecule has 0 amide bonds. The first-order chi connectivity index (χ1) is 12.5. The second-order valence-corrected chi connectivity index (χ2v) is 6.28. The third-order valence-corrected chi connectivity index (χ3v) is 4.30. The quantitative estimate of drug-likeness (QED) is 0.696. The molecule has 2 aromatic carbocycles. The molecule has 1 N–H and O–H groups in total. The van der Waals surface area contributed by atoms with Crippen LogP contribution in [0.1, 0.15) is 29.8 Å². The van der Waals surface area contributed by atoms with Gasteiger partial charge in [0, 0.05) is 11.6 Å². The van der Waals surface area contributed by atoms with E-state index in [1.165, 1.54) is 5.56 Å². The van der Waals surface area contributed by atoms with Crippen LogP contribution in [-0.4, -0.2) is 39.2 Å². The van der Waals surface area contributed by atoms with Crippen LogP contribution in [0.5, 0.6) is 17.2 Å². The molecule has 2 atom stereocenters. The molecule has 140 valence electrons. The van der Waals surface area contributed by atoms with Crippen molar-refractivity contribution >= 4 is 5.78 Å². The Morgan fingerprint density at radius 2 is 1.58 bits per heavy atom. The maximum absolute atomic E-state index is 12.7. The van der Waals surface area contributed by atoms with E-state index in [4.69, 9.17) is 14.2 Å². The van der Waals surface area contributed by atoms with Crippen molar-refractivity contribution in [2.45, 2.75) is 32.4 Å². The van der Waals surface area contributed by atoms with Crippen LogP contribution in [-0.2, 0) is 6.42 Å². The second-order valence-electron chi connectivity index (χ2n) is 6.28. The van der Waals surface area contributed by atoms with Gasteiger partial charge in [0.2, 0.25) is 0 Å². The van der Waals surface area contributed by atoms with Gasteiger partial charge in [0.25, 0.3) is 0 Å². The minimum Gasteiger partial charge on any atom is -0.497 e. The summed E-state index contributed by atoms with van der Waals surface area (Å²) in [5, 5.41) is 3.37. The Kier molecular flexibility index (Phi) is 7.04. The summed E-state index contributed by atoms with van der Waals surface area (Å²) in [5.41, 5.74) is 1.79. The highest BCUT2D eigenvalue weighted by Gasteiger charge is 2.19. The van der Waals surface area contributed by atoms with Crippen molar-refractivity contribution in [1.82, 2.24) is 5.32 Å². The lowest BCUT2D eigenvalue weighted by molar-refractivity contribution is 0.0945. The van der Waals surface area contributed by atoms with Crippen molar-refractivity contribution in [2.75, 3.05) is 21.3 Å². The number of rotatable bonds is 9. The summed E-state index contributed by atoms with van der Waals surface area (Å²) >= 11 is 0. The van der Waals surface area contributed by atoms with E-state index in [0.29, 0.717) is 17.1 Å². The molecule has 0 spiro atoms. The summed E-state index contributed by atoms with van der Waals surface area (Å²) in [6, 6.07) is 13.0. The normalized spacial score (nSPS) is 13.0. The highest BCUT2D eigenvalue weighted by Crippen LogP contribution is 2.28. The van der Waals surface area contributed by atoms with Gasteiger partial charge < -0.3 is 19.5 Å². The predicted molar refractivity (Wildman–Crippen MR) is 103 cm³/mol. The highest BCUT2D eigenvalue weighted by atomic mass is 16.5. The van der Waals surface area contributed by atoms with Gasteiger partial charge in [-0.3, -0.25) is 4.79 Å². The summed E-state index contributed by atoms with van der Waals surface area (Å²) in [4.78, 5) is 12.7. The Bertz CT molecular complexity index is 727. The molecule has 26 heavy (non-hydrogen) atoms. The van der Waals surface area contributed by atoms with Crippen molar-refractivity contribution in [3.05, 3.63) is 53.6 Å². The largest absolute Gasteiger partial charge is 0.497 e. The number of hydrogen-bond acceptors (Lipinski definition) is 5. The van der Waals surface area contributed by atoms with Crippen LogP contribution in [0.4, 0.5) is 0 Å². The van der Waals surface area contributed by atoms with Gasteiger partial charge in [-0.25, -0.2) is 0 Å². The van der Waals surface area contributed by atoms with E-state index in [2.05, 4.69) is 12.2 Å². The maximum atomic E-state index is 12.7. The molecule has 0 saturated carbocycles. The zero-order valence-corrected chi connectivity index (χ0v) is 16.0. The van der Waals surface area contributed by atoms with Crippen LogP contribution >= 0.6 is 0 Å². The lowest BCUT2D eigenvalue weighted by Crippen LogP contribution is -2.41. The zero-order valence-electron chi connectivity index (χ0n) is 16.0. The Balaban J connectivity index is 1.99. The molecule has 5 nitrogen and oxygen atoms in total. The Hall–Kier alpha value is -2.53. The fourth-order valence-corrected chi connectivity index (χ4v) is 2.92. The fourth-order valence-electron chi connectivity index (χ4n) is 2.92. The van der Waals surface area contributed by atoms with Gasteiger partial charge in [-0.15, -0.1) is 0 Å². The van der Waals surface area contributed by atoms with Gasteiger partial charge in [0.1, 0.15) is 5.75 Å². The topological polar surface area (TPSA) is 56.8 Å². The van der Waals surface area contributed by atoms with Gasteiger partial charge in [-0.1, -0.05) is 12.1 Å². The van der Waals surface area contributed by atoms with Crippen molar-refractivity contribution in [2.24, 2.45) is 0 Å². The first-order valence-electron chi connectivity index (χ1n) is 8.63. The Morgan fingerprint density at radius 3 is 2.15 bits per heavy atom. The molecule has 0 saturated heterocycles. The molecule has 0 heterocycles. The number of methoxy groups -OCH3 is 3. The molecule has 0 aliphatic heterocycles. The molecule has 0 fully saturated rings. The summed E-state index contributed by atoms with van der Waals surface area (Å²) in [6.07, 6.45) is 0.827. The second kappa shape index (κ2) is 9.25. The van der Waals surface area contributed by atoms with E-state index in [-0.39, 0.29) is 17.9 Å². The molecule has 0 aromatic heterocycles. The number of ether oxygens (including phenoxy) is 3. The van der Waals surface area contributed by atoms with E-state index < -0.39 is 0 Å².